The molecule has 214 valence electrons. The van der Waals surface area contributed by atoms with Crippen LogP contribution >= 0.6 is 0 Å². The van der Waals surface area contributed by atoms with Crippen molar-refractivity contribution in [1.29, 1.82) is 0 Å². The molecule has 41 heavy (non-hydrogen) atoms. The molecule has 0 amide bonds. The number of nitrogens with one attached hydrogen (secondary N) is 1. The van der Waals surface area contributed by atoms with Crippen LogP contribution in [-0.2, 0) is 17.9 Å². The second kappa shape index (κ2) is 11.3. The second-order valence-corrected chi connectivity index (χ2v) is 9.68. The number of anilines is 2. The van der Waals surface area contributed by atoms with Crippen LogP contribution in [0.5, 0.6) is 0 Å². The fourth-order valence-electron chi connectivity index (χ4n) is 4.70. The molecule has 3 heterocycles. The molecule has 2 aromatic carbocycles. The first-order chi connectivity index (χ1) is 19.3. The van der Waals surface area contributed by atoms with Crippen molar-refractivity contribution in [3.8, 4) is 0 Å². The first-order valence-corrected chi connectivity index (χ1v) is 12.5. The summed E-state index contributed by atoms with van der Waals surface area (Å²) in [6.07, 6.45) is -3.28. The highest BCUT2D eigenvalue weighted by Gasteiger charge is 2.38. The number of pyridine rings is 1. The van der Waals surface area contributed by atoms with Gasteiger partial charge in [0.15, 0.2) is 0 Å². The molecule has 3 N–H and O–H groups in total. The van der Waals surface area contributed by atoms with Gasteiger partial charge >= 0.3 is 18.1 Å². The van der Waals surface area contributed by atoms with Gasteiger partial charge in [-0.1, -0.05) is 36.4 Å². The van der Waals surface area contributed by atoms with Crippen LogP contribution in [0.1, 0.15) is 51.1 Å². The van der Waals surface area contributed by atoms with Crippen LogP contribution in [0.25, 0.3) is 5.65 Å². The number of aromatic carboxylic acids is 1. The number of halogens is 3. The molecule has 0 radical (unpaired) electrons. The molecule has 0 saturated heterocycles. The monoisotopic (exact) mass is 568 g/mol. The Morgan fingerprint density at radius 1 is 1.00 bits per heavy atom. The van der Waals surface area contributed by atoms with Crippen molar-refractivity contribution in [1.82, 2.24) is 9.38 Å². The SMILES string of the molecule is Cc1cc(C(C)Nc2ccccc2C(=O)O)c2nc(N3Cc4ccccc4C3)c(C)c(=O)n2c1.O=C(O)C(F)(F)F. The van der Waals surface area contributed by atoms with Crippen LogP contribution in [0.15, 0.2) is 65.6 Å². The van der Waals surface area contributed by atoms with Gasteiger partial charge in [0.05, 0.1) is 17.2 Å². The van der Waals surface area contributed by atoms with Crippen molar-refractivity contribution in [2.75, 3.05) is 10.2 Å². The Labute approximate surface area is 232 Å². The summed E-state index contributed by atoms with van der Waals surface area (Å²) in [6, 6.07) is 16.8. The van der Waals surface area contributed by atoms with Gasteiger partial charge in [0.2, 0.25) is 0 Å². The Balaban J connectivity index is 0.000000493. The number of carboxylic acid groups (broad SMARTS) is 2. The lowest BCUT2D eigenvalue weighted by atomic mass is 10.1. The molecule has 9 nitrogen and oxygen atoms in total. The van der Waals surface area contributed by atoms with E-state index in [-0.39, 0.29) is 17.2 Å². The van der Waals surface area contributed by atoms with Gasteiger partial charge in [-0.2, -0.15) is 13.2 Å². The molecular weight excluding hydrogens is 541 g/mol. The quantitative estimate of drug-likeness (QED) is 0.295. The van der Waals surface area contributed by atoms with E-state index < -0.39 is 18.1 Å². The van der Waals surface area contributed by atoms with Crippen LogP contribution in [0.4, 0.5) is 24.7 Å². The topological polar surface area (TPSA) is 124 Å². The van der Waals surface area contributed by atoms with Gasteiger partial charge in [-0.25, -0.2) is 14.6 Å². The molecule has 0 spiro atoms. The van der Waals surface area contributed by atoms with E-state index >= 15 is 0 Å². The van der Waals surface area contributed by atoms with Crippen LogP contribution in [-0.4, -0.2) is 37.7 Å². The molecule has 2 aromatic heterocycles. The fourth-order valence-corrected chi connectivity index (χ4v) is 4.70. The molecule has 0 bridgehead atoms. The normalized spacial score (nSPS) is 13.3. The summed E-state index contributed by atoms with van der Waals surface area (Å²) in [4.78, 5) is 41.1. The Bertz CT molecular complexity index is 1680. The number of hydrogen-bond acceptors (Lipinski definition) is 6. The maximum absolute atomic E-state index is 13.4. The molecule has 1 aliphatic rings. The zero-order chi connectivity index (χ0) is 30.1. The molecule has 1 atom stereocenters. The number of benzene rings is 2. The molecule has 0 aliphatic carbocycles. The average molecular weight is 569 g/mol. The number of rotatable bonds is 5. The number of alkyl halides is 3. The predicted octanol–water partition coefficient (Wildman–Crippen LogP) is 5.34. The summed E-state index contributed by atoms with van der Waals surface area (Å²) in [5.74, 6) is -3.07. The van der Waals surface area contributed by atoms with Crippen LogP contribution < -0.4 is 15.8 Å². The summed E-state index contributed by atoms with van der Waals surface area (Å²) in [5, 5.41) is 20.0. The van der Waals surface area contributed by atoms with Gasteiger partial charge in [-0.05, 0) is 55.7 Å². The molecule has 12 heteroatoms. The van der Waals surface area contributed by atoms with Gasteiger partial charge in [0.1, 0.15) is 11.5 Å². The first kappa shape index (κ1) is 29.1. The number of fused-ring (bicyclic) bond motifs is 2. The van der Waals surface area contributed by atoms with Gasteiger partial charge in [0.25, 0.3) is 5.56 Å². The van der Waals surface area contributed by atoms with Gasteiger partial charge in [-0.15, -0.1) is 0 Å². The molecule has 1 unspecified atom stereocenters. The summed E-state index contributed by atoms with van der Waals surface area (Å²) < 4.78 is 33.3. The lowest BCUT2D eigenvalue weighted by Gasteiger charge is -2.23. The third kappa shape index (κ3) is 6.16. The van der Waals surface area contributed by atoms with E-state index in [4.69, 9.17) is 14.9 Å². The Morgan fingerprint density at radius 2 is 1.56 bits per heavy atom. The minimum atomic E-state index is -5.08. The number of para-hydroxylation sites is 1. The van der Waals surface area contributed by atoms with Crippen molar-refractivity contribution in [2.24, 2.45) is 0 Å². The minimum absolute atomic E-state index is 0.0981. The lowest BCUT2D eigenvalue weighted by Crippen LogP contribution is -2.27. The molecule has 5 rings (SSSR count). The predicted molar refractivity (Wildman–Crippen MR) is 146 cm³/mol. The average Bonchev–Trinajstić information content (AvgIpc) is 3.34. The van der Waals surface area contributed by atoms with Crippen molar-refractivity contribution in [3.05, 3.63) is 105 Å². The highest BCUT2D eigenvalue weighted by molar-refractivity contribution is 5.94. The Morgan fingerprint density at radius 3 is 2.12 bits per heavy atom. The number of carboxylic acids is 2. The van der Waals surface area contributed by atoms with Crippen LogP contribution in [0, 0.1) is 13.8 Å². The van der Waals surface area contributed by atoms with Crippen molar-refractivity contribution < 1.29 is 33.0 Å². The largest absolute Gasteiger partial charge is 0.490 e. The van der Waals surface area contributed by atoms with Gasteiger partial charge in [0, 0.05) is 30.5 Å². The molecule has 0 fully saturated rings. The number of aryl methyl sites for hydroxylation is 1. The summed E-state index contributed by atoms with van der Waals surface area (Å²) in [7, 11) is 0. The molecule has 0 saturated carbocycles. The van der Waals surface area contributed by atoms with Crippen LogP contribution in [0.2, 0.25) is 0 Å². The van der Waals surface area contributed by atoms with E-state index in [1.54, 1.807) is 28.7 Å². The summed E-state index contributed by atoms with van der Waals surface area (Å²) in [5.41, 5.74) is 6.04. The van der Waals surface area contributed by atoms with E-state index in [0.717, 1.165) is 11.1 Å². The van der Waals surface area contributed by atoms with E-state index in [1.165, 1.54) is 11.1 Å². The second-order valence-electron chi connectivity index (χ2n) is 9.68. The summed E-state index contributed by atoms with van der Waals surface area (Å²) in [6.45, 7) is 7.13. The maximum Gasteiger partial charge on any atom is 0.490 e. The van der Waals surface area contributed by atoms with Crippen molar-refractivity contribution >= 4 is 29.1 Å². The number of aliphatic carboxylic acids is 1. The summed E-state index contributed by atoms with van der Waals surface area (Å²) >= 11 is 0. The highest BCUT2D eigenvalue weighted by atomic mass is 19.4. The maximum atomic E-state index is 13.4. The van der Waals surface area contributed by atoms with Crippen molar-refractivity contribution in [3.63, 3.8) is 0 Å². The zero-order valence-electron chi connectivity index (χ0n) is 22.4. The third-order valence-electron chi connectivity index (χ3n) is 6.67. The standard InChI is InChI=1S/C27H26N4O3.C2HF3O2/c1-16-12-22(18(3)28-23-11-7-6-10-21(23)27(33)34)25-29-24(17(2)26(32)31(25)13-16)30-14-19-8-4-5-9-20(19)15-30;3-2(4,5)1(6)7/h4-13,18,28H,14-15H2,1-3H3,(H,33,34);(H,6,7). The van der Waals surface area contributed by atoms with E-state index in [2.05, 4.69) is 22.3 Å². The zero-order valence-corrected chi connectivity index (χ0v) is 22.4. The molecule has 4 aromatic rings. The lowest BCUT2D eigenvalue weighted by molar-refractivity contribution is -0.192. The van der Waals surface area contributed by atoms with Crippen molar-refractivity contribution in [2.45, 2.75) is 46.1 Å². The Hall–Kier alpha value is -4.87. The number of aromatic nitrogens is 2. The first-order valence-electron chi connectivity index (χ1n) is 12.5. The molecular formula is C29H27F3N4O5. The van der Waals surface area contributed by atoms with E-state index in [9.17, 15) is 27.9 Å². The smallest absolute Gasteiger partial charge is 0.478 e. The number of carbonyl (C=O) groups is 2. The van der Waals surface area contributed by atoms with Gasteiger partial charge < -0.3 is 20.4 Å². The third-order valence-corrected chi connectivity index (χ3v) is 6.67. The van der Waals surface area contributed by atoms with E-state index in [0.29, 0.717) is 35.8 Å². The fraction of sp³-hybridized carbons (Fsp3) is 0.241. The van der Waals surface area contributed by atoms with Gasteiger partial charge in [-0.3, -0.25) is 9.20 Å². The molecule has 1 aliphatic heterocycles. The number of hydrogen-bond donors (Lipinski definition) is 3. The van der Waals surface area contributed by atoms with Crippen LogP contribution in [0.3, 0.4) is 0 Å². The minimum Gasteiger partial charge on any atom is -0.478 e. The highest BCUT2D eigenvalue weighted by Crippen LogP contribution is 2.31. The van der Waals surface area contributed by atoms with E-state index in [1.807, 2.05) is 45.2 Å². The Kier molecular flexibility index (Phi) is 8.04. The number of nitrogens with zero attached hydrogens (tertiary/aromatic N) is 3.